The lowest BCUT2D eigenvalue weighted by molar-refractivity contribution is 0.0474. The van der Waals surface area contributed by atoms with E-state index in [2.05, 4.69) is 0 Å². The average Bonchev–Trinajstić information content (AvgIpc) is 2.90. The van der Waals surface area contributed by atoms with Crippen LogP contribution < -0.4 is 0 Å². The summed E-state index contributed by atoms with van der Waals surface area (Å²) in [5.41, 5.74) is 0.912. The number of imide groups is 1. The SMILES string of the molecule is CC(C)CN1C(=O)c2ccc(C(=O)OCC(=O)c3ccc(Cl)cc3)cc2C1=O. The number of ether oxygens (including phenoxy) is 1. The quantitative estimate of drug-likeness (QED) is 0.421. The van der Waals surface area contributed by atoms with Gasteiger partial charge in [-0.1, -0.05) is 25.4 Å². The fraction of sp³-hybridized carbons (Fsp3) is 0.238. The Balaban J connectivity index is 1.70. The molecule has 0 spiro atoms. The molecule has 3 rings (SSSR count). The van der Waals surface area contributed by atoms with E-state index in [4.69, 9.17) is 16.3 Å². The van der Waals surface area contributed by atoms with Crippen LogP contribution >= 0.6 is 11.6 Å². The number of amides is 2. The van der Waals surface area contributed by atoms with Crippen molar-refractivity contribution in [1.29, 1.82) is 0 Å². The van der Waals surface area contributed by atoms with Crippen molar-refractivity contribution in [3.05, 3.63) is 69.7 Å². The van der Waals surface area contributed by atoms with Crippen LogP contribution in [0, 0.1) is 5.92 Å². The van der Waals surface area contributed by atoms with Crippen LogP contribution in [-0.4, -0.2) is 41.6 Å². The molecule has 0 aromatic heterocycles. The first-order valence-corrected chi connectivity index (χ1v) is 9.12. The zero-order chi connectivity index (χ0) is 20.4. The maximum Gasteiger partial charge on any atom is 0.338 e. The van der Waals surface area contributed by atoms with Crippen molar-refractivity contribution in [2.24, 2.45) is 5.92 Å². The smallest absolute Gasteiger partial charge is 0.338 e. The van der Waals surface area contributed by atoms with E-state index in [0.717, 1.165) is 0 Å². The largest absolute Gasteiger partial charge is 0.454 e. The second kappa shape index (κ2) is 7.94. The third-order valence-electron chi connectivity index (χ3n) is 4.25. The molecule has 2 aromatic rings. The van der Waals surface area contributed by atoms with Gasteiger partial charge in [-0.25, -0.2) is 4.79 Å². The lowest BCUT2D eigenvalue weighted by Gasteiger charge is -2.15. The number of benzene rings is 2. The third-order valence-corrected chi connectivity index (χ3v) is 4.51. The van der Waals surface area contributed by atoms with E-state index in [9.17, 15) is 19.2 Å². The minimum absolute atomic E-state index is 0.107. The zero-order valence-corrected chi connectivity index (χ0v) is 16.2. The van der Waals surface area contributed by atoms with E-state index >= 15 is 0 Å². The molecule has 0 bridgehead atoms. The Bertz CT molecular complexity index is 965. The van der Waals surface area contributed by atoms with Gasteiger partial charge in [0.2, 0.25) is 0 Å². The molecule has 0 aliphatic carbocycles. The summed E-state index contributed by atoms with van der Waals surface area (Å²) < 4.78 is 5.06. The van der Waals surface area contributed by atoms with E-state index in [1.165, 1.54) is 23.1 Å². The molecular formula is C21H18ClNO5. The number of hydrogen-bond donors (Lipinski definition) is 0. The molecule has 0 unspecified atom stereocenters. The highest BCUT2D eigenvalue weighted by atomic mass is 35.5. The van der Waals surface area contributed by atoms with Gasteiger partial charge >= 0.3 is 5.97 Å². The summed E-state index contributed by atoms with van der Waals surface area (Å²) in [6.07, 6.45) is 0. The van der Waals surface area contributed by atoms with Crippen LogP contribution in [0.5, 0.6) is 0 Å². The summed E-state index contributed by atoms with van der Waals surface area (Å²) in [5.74, 6) is -1.79. The van der Waals surface area contributed by atoms with Gasteiger partial charge in [-0.3, -0.25) is 19.3 Å². The molecule has 0 saturated heterocycles. The molecule has 0 saturated carbocycles. The maximum atomic E-state index is 12.5. The van der Waals surface area contributed by atoms with Gasteiger partial charge in [0.05, 0.1) is 16.7 Å². The number of carbonyl (C=O) groups excluding carboxylic acids is 4. The van der Waals surface area contributed by atoms with Crippen LogP contribution in [0.15, 0.2) is 42.5 Å². The molecular weight excluding hydrogens is 382 g/mol. The first kappa shape index (κ1) is 19.8. The molecule has 28 heavy (non-hydrogen) atoms. The number of halogens is 1. The van der Waals surface area contributed by atoms with Gasteiger partial charge in [0, 0.05) is 17.1 Å². The molecule has 6 nitrogen and oxygen atoms in total. The standard InChI is InChI=1S/C21H18ClNO5/c1-12(2)10-23-19(25)16-8-5-14(9-17(16)20(23)26)21(27)28-11-18(24)13-3-6-15(22)7-4-13/h3-9,12H,10-11H2,1-2H3. The number of Topliss-reactive ketones (excluding diaryl/α,β-unsaturated/α-hetero) is 1. The number of esters is 1. The van der Waals surface area contributed by atoms with Crippen LogP contribution in [-0.2, 0) is 4.74 Å². The van der Waals surface area contributed by atoms with Gasteiger partial charge in [0.1, 0.15) is 0 Å². The number of hydrogen-bond acceptors (Lipinski definition) is 5. The van der Waals surface area contributed by atoms with Crippen LogP contribution in [0.4, 0.5) is 0 Å². The predicted molar refractivity (Wildman–Crippen MR) is 103 cm³/mol. The lowest BCUT2D eigenvalue weighted by Crippen LogP contribution is -2.33. The lowest BCUT2D eigenvalue weighted by atomic mass is 10.1. The predicted octanol–water partition coefficient (Wildman–Crippen LogP) is 3.63. The summed E-state index contributed by atoms with van der Waals surface area (Å²) >= 11 is 5.78. The van der Waals surface area contributed by atoms with E-state index < -0.39 is 18.5 Å². The second-order valence-corrected chi connectivity index (χ2v) is 7.32. The van der Waals surface area contributed by atoms with Gasteiger partial charge in [-0.05, 0) is 48.4 Å². The van der Waals surface area contributed by atoms with Crippen molar-refractivity contribution >= 4 is 35.2 Å². The Morgan fingerprint density at radius 3 is 2.21 bits per heavy atom. The highest BCUT2D eigenvalue weighted by molar-refractivity contribution is 6.30. The minimum atomic E-state index is -0.743. The summed E-state index contributed by atoms with van der Waals surface area (Å²) in [6.45, 7) is 3.68. The fourth-order valence-corrected chi connectivity index (χ4v) is 3.01. The van der Waals surface area contributed by atoms with Crippen LogP contribution in [0.25, 0.3) is 0 Å². The molecule has 0 N–H and O–H groups in total. The zero-order valence-electron chi connectivity index (χ0n) is 15.4. The molecule has 0 fully saturated rings. The van der Waals surface area contributed by atoms with Crippen LogP contribution in [0.2, 0.25) is 5.02 Å². The van der Waals surface area contributed by atoms with Gasteiger partial charge in [0.15, 0.2) is 12.4 Å². The fourth-order valence-electron chi connectivity index (χ4n) is 2.88. The summed E-state index contributed by atoms with van der Waals surface area (Å²) in [6, 6.07) is 10.4. The van der Waals surface area contributed by atoms with Gasteiger partial charge in [-0.15, -0.1) is 0 Å². The van der Waals surface area contributed by atoms with Crippen LogP contribution in [0.3, 0.4) is 0 Å². The Labute approximate surface area is 167 Å². The molecule has 2 aromatic carbocycles. The van der Waals surface area contributed by atoms with Gasteiger partial charge in [-0.2, -0.15) is 0 Å². The Morgan fingerprint density at radius 2 is 1.57 bits per heavy atom. The van der Waals surface area contributed by atoms with Gasteiger partial charge in [0.25, 0.3) is 11.8 Å². The Hall–Kier alpha value is -2.99. The number of ketones is 1. The molecule has 2 amide bonds. The number of nitrogens with zero attached hydrogens (tertiary/aromatic N) is 1. The minimum Gasteiger partial charge on any atom is -0.454 e. The van der Waals surface area contributed by atoms with Crippen molar-refractivity contribution in [1.82, 2.24) is 4.90 Å². The number of carbonyl (C=O) groups is 4. The van der Waals surface area contributed by atoms with Crippen molar-refractivity contribution in [2.45, 2.75) is 13.8 Å². The van der Waals surface area contributed by atoms with E-state index in [0.29, 0.717) is 17.1 Å². The monoisotopic (exact) mass is 399 g/mol. The number of fused-ring (bicyclic) bond motifs is 1. The summed E-state index contributed by atoms with van der Waals surface area (Å²) in [7, 11) is 0. The first-order chi connectivity index (χ1) is 13.3. The molecule has 144 valence electrons. The van der Waals surface area contributed by atoms with Crippen molar-refractivity contribution in [3.63, 3.8) is 0 Å². The molecule has 0 atom stereocenters. The Kier molecular flexibility index (Phi) is 5.61. The topological polar surface area (TPSA) is 80.8 Å². The van der Waals surface area contributed by atoms with E-state index in [-0.39, 0.29) is 34.3 Å². The highest BCUT2D eigenvalue weighted by Gasteiger charge is 2.36. The van der Waals surface area contributed by atoms with Crippen molar-refractivity contribution < 1.29 is 23.9 Å². The maximum absolute atomic E-state index is 12.5. The average molecular weight is 400 g/mol. The molecule has 1 aliphatic heterocycles. The third kappa shape index (κ3) is 3.97. The molecule has 1 heterocycles. The normalized spacial score (nSPS) is 13.1. The molecule has 1 aliphatic rings. The summed E-state index contributed by atoms with van der Waals surface area (Å²) in [4.78, 5) is 50.4. The highest BCUT2D eigenvalue weighted by Crippen LogP contribution is 2.25. The van der Waals surface area contributed by atoms with Crippen LogP contribution in [0.1, 0.15) is 55.3 Å². The molecule has 0 radical (unpaired) electrons. The van der Waals surface area contributed by atoms with E-state index in [1.54, 1.807) is 24.3 Å². The number of rotatable bonds is 6. The van der Waals surface area contributed by atoms with Gasteiger partial charge < -0.3 is 4.74 Å². The summed E-state index contributed by atoms with van der Waals surface area (Å²) in [5, 5.41) is 0.498. The van der Waals surface area contributed by atoms with E-state index in [1.807, 2.05) is 13.8 Å². The van der Waals surface area contributed by atoms with Crippen molar-refractivity contribution in [3.8, 4) is 0 Å². The van der Waals surface area contributed by atoms with Crippen molar-refractivity contribution in [2.75, 3.05) is 13.2 Å². The molecule has 7 heteroatoms. The first-order valence-electron chi connectivity index (χ1n) is 8.74. The Morgan fingerprint density at radius 1 is 0.964 bits per heavy atom. The second-order valence-electron chi connectivity index (χ2n) is 6.88.